The molecule has 1 aromatic heterocycles. The van der Waals surface area contributed by atoms with Crippen molar-refractivity contribution in [1.29, 1.82) is 0 Å². The Labute approximate surface area is 186 Å². The molecule has 0 spiro atoms. The number of fused-ring (bicyclic) bond motifs is 1. The first-order valence-corrected chi connectivity index (χ1v) is 10.1. The highest BCUT2D eigenvalue weighted by Gasteiger charge is 2.44. The SMILES string of the molecule is O=C(N[C@H]1CN(Cc2ccc(F)cc2)[C@H]2CCCO[C@@H]12)c1cnccn1.O=C(O)C(F)(F)F. The fraction of sp³-hybridized carbons (Fsp3) is 0.429. The number of nitrogens with zero attached hydrogens (tertiary/aromatic N) is 3. The Bertz CT molecular complexity index is 944. The third kappa shape index (κ3) is 6.68. The van der Waals surface area contributed by atoms with Gasteiger partial charge in [-0.15, -0.1) is 0 Å². The smallest absolute Gasteiger partial charge is 0.475 e. The van der Waals surface area contributed by atoms with Crippen molar-refractivity contribution in [3.8, 4) is 0 Å². The molecule has 0 saturated carbocycles. The molecule has 33 heavy (non-hydrogen) atoms. The van der Waals surface area contributed by atoms with Crippen molar-refractivity contribution in [2.24, 2.45) is 0 Å². The molecule has 2 fully saturated rings. The number of benzene rings is 1. The lowest BCUT2D eigenvalue weighted by molar-refractivity contribution is -0.192. The third-order valence-electron chi connectivity index (χ3n) is 5.28. The lowest BCUT2D eigenvalue weighted by Crippen LogP contribution is -2.47. The van der Waals surface area contributed by atoms with Gasteiger partial charge in [-0.2, -0.15) is 13.2 Å². The van der Waals surface area contributed by atoms with E-state index in [0.717, 1.165) is 18.4 Å². The summed E-state index contributed by atoms with van der Waals surface area (Å²) in [4.78, 5) is 31.7. The van der Waals surface area contributed by atoms with Gasteiger partial charge in [0.1, 0.15) is 11.5 Å². The van der Waals surface area contributed by atoms with Gasteiger partial charge in [-0.25, -0.2) is 14.2 Å². The summed E-state index contributed by atoms with van der Waals surface area (Å²) in [6.07, 6.45) is 1.42. The van der Waals surface area contributed by atoms with E-state index in [1.54, 1.807) is 12.1 Å². The molecule has 8 nitrogen and oxygen atoms in total. The summed E-state index contributed by atoms with van der Waals surface area (Å²) in [6, 6.07) is 6.72. The van der Waals surface area contributed by atoms with E-state index in [4.69, 9.17) is 14.6 Å². The Balaban J connectivity index is 0.000000383. The number of amides is 1. The maximum atomic E-state index is 13.1. The summed E-state index contributed by atoms with van der Waals surface area (Å²) in [5.41, 5.74) is 1.36. The van der Waals surface area contributed by atoms with Crippen LogP contribution >= 0.6 is 0 Å². The first kappa shape index (κ1) is 24.5. The van der Waals surface area contributed by atoms with Crippen molar-refractivity contribution in [3.05, 3.63) is 59.9 Å². The van der Waals surface area contributed by atoms with E-state index in [2.05, 4.69) is 20.2 Å². The minimum Gasteiger partial charge on any atom is -0.475 e. The maximum Gasteiger partial charge on any atom is 0.490 e. The number of hydrogen-bond acceptors (Lipinski definition) is 6. The second-order valence-electron chi connectivity index (χ2n) is 7.57. The molecule has 2 aliphatic rings. The lowest BCUT2D eigenvalue weighted by Gasteiger charge is -2.32. The number of carboxylic acids is 1. The molecule has 2 N–H and O–H groups in total. The highest BCUT2D eigenvalue weighted by atomic mass is 19.4. The van der Waals surface area contributed by atoms with Crippen LogP contribution in [0.2, 0.25) is 0 Å². The molecule has 0 radical (unpaired) electrons. The topological polar surface area (TPSA) is 105 Å². The van der Waals surface area contributed by atoms with Gasteiger partial charge in [0, 0.05) is 38.1 Å². The fourth-order valence-electron chi connectivity index (χ4n) is 3.85. The molecule has 0 unspecified atom stereocenters. The molecular weight excluding hydrogens is 448 g/mol. The summed E-state index contributed by atoms with van der Waals surface area (Å²) in [6.45, 7) is 2.12. The molecule has 1 aromatic carbocycles. The Morgan fingerprint density at radius 1 is 1.21 bits per heavy atom. The van der Waals surface area contributed by atoms with Crippen LogP contribution in [0, 0.1) is 5.82 Å². The summed E-state index contributed by atoms with van der Waals surface area (Å²) in [7, 11) is 0. The van der Waals surface area contributed by atoms with Gasteiger partial charge in [-0.3, -0.25) is 14.7 Å². The van der Waals surface area contributed by atoms with Gasteiger partial charge < -0.3 is 15.2 Å². The van der Waals surface area contributed by atoms with Gasteiger partial charge >= 0.3 is 12.1 Å². The summed E-state index contributed by atoms with van der Waals surface area (Å²) >= 11 is 0. The summed E-state index contributed by atoms with van der Waals surface area (Å²) in [5, 5.41) is 10.2. The number of hydrogen-bond donors (Lipinski definition) is 2. The molecule has 2 aromatic rings. The average Bonchev–Trinajstić information content (AvgIpc) is 3.13. The van der Waals surface area contributed by atoms with Crippen LogP contribution in [0.3, 0.4) is 0 Å². The molecule has 3 atom stereocenters. The van der Waals surface area contributed by atoms with Crippen LogP contribution in [0.4, 0.5) is 17.6 Å². The third-order valence-corrected chi connectivity index (χ3v) is 5.28. The molecule has 4 rings (SSSR count). The molecule has 2 saturated heterocycles. The predicted molar refractivity (Wildman–Crippen MR) is 107 cm³/mol. The van der Waals surface area contributed by atoms with Crippen molar-refractivity contribution in [1.82, 2.24) is 20.2 Å². The van der Waals surface area contributed by atoms with Crippen LogP contribution in [0.25, 0.3) is 0 Å². The van der Waals surface area contributed by atoms with E-state index in [0.29, 0.717) is 25.4 Å². The molecule has 0 bridgehead atoms. The van der Waals surface area contributed by atoms with Gasteiger partial charge in [0.15, 0.2) is 0 Å². The van der Waals surface area contributed by atoms with Crippen molar-refractivity contribution in [2.45, 2.75) is 43.8 Å². The summed E-state index contributed by atoms with van der Waals surface area (Å²) in [5.74, 6) is -3.23. The van der Waals surface area contributed by atoms with Crippen LogP contribution in [-0.2, 0) is 16.1 Å². The average molecular weight is 470 g/mol. The van der Waals surface area contributed by atoms with Gasteiger partial charge in [0.05, 0.1) is 18.3 Å². The van der Waals surface area contributed by atoms with Crippen LogP contribution in [0.5, 0.6) is 0 Å². The first-order chi connectivity index (χ1) is 15.6. The van der Waals surface area contributed by atoms with E-state index >= 15 is 0 Å². The second-order valence-corrected chi connectivity index (χ2v) is 7.57. The fourth-order valence-corrected chi connectivity index (χ4v) is 3.85. The van der Waals surface area contributed by atoms with Gasteiger partial charge in [0.25, 0.3) is 5.91 Å². The van der Waals surface area contributed by atoms with Crippen LogP contribution < -0.4 is 5.32 Å². The zero-order chi connectivity index (χ0) is 24.0. The van der Waals surface area contributed by atoms with Crippen LogP contribution in [0.1, 0.15) is 28.9 Å². The number of likely N-dealkylation sites (tertiary alicyclic amines) is 1. The number of aromatic nitrogens is 2. The maximum absolute atomic E-state index is 13.1. The normalized spacial score (nSPS) is 22.6. The van der Waals surface area contributed by atoms with Gasteiger partial charge in [-0.1, -0.05) is 12.1 Å². The molecule has 1 amide bonds. The molecule has 0 aliphatic carbocycles. The standard InChI is InChI=1S/C19H21FN4O2.C2HF3O2/c20-14-5-3-13(4-6-14)11-24-12-16(18-17(24)2-1-9-26-18)23-19(25)15-10-21-7-8-22-15;3-2(4,5)1(6)7/h3-8,10,16-18H,1-2,9,11-12H2,(H,23,25);(H,6,7)/t16-,17-,18-;/m0./s1. The number of carbonyl (C=O) groups is 2. The van der Waals surface area contributed by atoms with E-state index in [1.165, 1.54) is 30.7 Å². The highest BCUT2D eigenvalue weighted by molar-refractivity contribution is 5.92. The number of carbonyl (C=O) groups excluding carboxylic acids is 1. The number of halogens is 4. The van der Waals surface area contributed by atoms with Gasteiger partial charge in [-0.05, 0) is 30.5 Å². The van der Waals surface area contributed by atoms with E-state index in [1.807, 2.05) is 0 Å². The number of ether oxygens (including phenoxy) is 1. The van der Waals surface area contributed by atoms with Crippen LogP contribution in [0.15, 0.2) is 42.9 Å². The number of nitrogens with one attached hydrogen (secondary N) is 1. The first-order valence-electron chi connectivity index (χ1n) is 10.1. The van der Waals surface area contributed by atoms with Gasteiger partial charge in [0.2, 0.25) is 0 Å². The van der Waals surface area contributed by atoms with Crippen molar-refractivity contribution in [3.63, 3.8) is 0 Å². The van der Waals surface area contributed by atoms with E-state index < -0.39 is 12.1 Å². The second kappa shape index (κ2) is 10.7. The summed E-state index contributed by atoms with van der Waals surface area (Å²) < 4.78 is 50.9. The number of rotatable bonds is 4. The molecule has 3 heterocycles. The predicted octanol–water partition coefficient (Wildman–Crippen LogP) is 2.41. The van der Waals surface area contributed by atoms with E-state index in [-0.39, 0.29) is 29.9 Å². The molecular formula is C21H22F4N4O4. The zero-order valence-electron chi connectivity index (χ0n) is 17.3. The van der Waals surface area contributed by atoms with Crippen LogP contribution in [-0.4, -0.2) is 69.4 Å². The monoisotopic (exact) mass is 470 g/mol. The number of aliphatic carboxylic acids is 1. The quantitative estimate of drug-likeness (QED) is 0.662. The number of alkyl halides is 3. The van der Waals surface area contributed by atoms with Crippen molar-refractivity contribution < 1.29 is 37.0 Å². The lowest BCUT2D eigenvalue weighted by atomic mass is 10.0. The Kier molecular flexibility index (Phi) is 7.92. The highest BCUT2D eigenvalue weighted by Crippen LogP contribution is 2.30. The minimum atomic E-state index is -5.08. The Morgan fingerprint density at radius 3 is 2.52 bits per heavy atom. The Morgan fingerprint density at radius 2 is 1.91 bits per heavy atom. The molecule has 12 heteroatoms. The Hall–Kier alpha value is -3.12. The van der Waals surface area contributed by atoms with E-state index in [9.17, 15) is 22.4 Å². The minimum absolute atomic E-state index is 0.0372. The van der Waals surface area contributed by atoms with Crippen molar-refractivity contribution in [2.75, 3.05) is 13.2 Å². The molecule has 178 valence electrons. The zero-order valence-corrected chi connectivity index (χ0v) is 17.3. The van der Waals surface area contributed by atoms with Crippen molar-refractivity contribution >= 4 is 11.9 Å². The largest absolute Gasteiger partial charge is 0.490 e. The molecule has 2 aliphatic heterocycles. The number of carboxylic acid groups (broad SMARTS) is 1.